The van der Waals surface area contributed by atoms with Crippen molar-refractivity contribution in [2.45, 2.75) is 26.3 Å². The number of hydrogen-bond donors (Lipinski definition) is 3. The summed E-state index contributed by atoms with van der Waals surface area (Å²) in [6.07, 6.45) is 0. The fourth-order valence-corrected chi connectivity index (χ4v) is 2.07. The third-order valence-electron chi connectivity index (χ3n) is 2.52. The summed E-state index contributed by atoms with van der Waals surface area (Å²) in [6, 6.07) is 6.45. The molecule has 0 aliphatic carbocycles. The molecule has 0 saturated heterocycles. The highest BCUT2D eigenvalue weighted by Crippen LogP contribution is 2.16. The molecule has 1 aromatic carbocycles. The average molecular weight is 336 g/mol. The zero-order valence-corrected chi connectivity index (χ0v) is 14.0. The molecular weight excluding hydrogens is 314 g/mol. The van der Waals surface area contributed by atoms with Crippen LogP contribution in [0.25, 0.3) is 0 Å². The lowest BCUT2D eigenvalue weighted by atomic mass is 10.1. The fourth-order valence-electron chi connectivity index (χ4n) is 1.41. The summed E-state index contributed by atoms with van der Waals surface area (Å²) in [5, 5.41) is 2.68. The Kier molecular flexibility index (Phi) is 7.15. The first-order valence-electron chi connectivity index (χ1n) is 6.31. The molecule has 0 spiro atoms. The van der Waals surface area contributed by atoms with E-state index in [9.17, 15) is 13.2 Å². The Labute approximate surface area is 132 Å². The Balaban J connectivity index is 0.00000400. The van der Waals surface area contributed by atoms with E-state index >= 15 is 0 Å². The maximum Gasteiger partial charge on any atom is 0.253 e. The smallest absolute Gasteiger partial charge is 0.253 e. The van der Waals surface area contributed by atoms with Gasteiger partial charge in [-0.25, -0.2) is 8.42 Å². The van der Waals surface area contributed by atoms with Crippen LogP contribution in [0.4, 0.5) is 5.69 Å². The van der Waals surface area contributed by atoms with Gasteiger partial charge in [0.1, 0.15) is 0 Å². The number of halogens is 1. The maximum absolute atomic E-state index is 12.1. The van der Waals surface area contributed by atoms with Gasteiger partial charge in [-0.1, -0.05) is 12.1 Å². The Bertz CT molecular complexity index is 583. The molecule has 120 valence electrons. The minimum atomic E-state index is -3.43. The van der Waals surface area contributed by atoms with Crippen molar-refractivity contribution in [3.63, 3.8) is 0 Å². The second kappa shape index (κ2) is 7.63. The van der Waals surface area contributed by atoms with Crippen molar-refractivity contribution in [1.29, 1.82) is 0 Å². The van der Waals surface area contributed by atoms with Gasteiger partial charge in [-0.15, -0.1) is 12.4 Å². The standard InChI is InChI=1S/C13H21N3O3S.ClH/c1-4-20(18,19)16-11-8-6-5-7-10(11)12(17)15-9-13(2,3)14;/h5-8,16H,4,9,14H2,1-3H3,(H,15,17);1H. The summed E-state index contributed by atoms with van der Waals surface area (Å²) in [5.41, 5.74) is 5.80. The number of anilines is 1. The first-order chi connectivity index (χ1) is 9.14. The van der Waals surface area contributed by atoms with Gasteiger partial charge >= 0.3 is 0 Å². The number of carbonyl (C=O) groups excluding carboxylic acids is 1. The first kappa shape index (κ1) is 19.7. The van der Waals surface area contributed by atoms with Crippen molar-refractivity contribution in [1.82, 2.24) is 5.32 Å². The summed E-state index contributed by atoms with van der Waals surface area (Å²) in [5.74, 6) is -0.420. The van der Waals surface area contributed by atoms with E-state index < -0.39 is 15.6 Å². The topological polar surface area (TPSA) is 101 Å². The third kappa shape index (κ3) is 6.79. The number of nitrogens with two attached hydrogens (primary N) is 1. The summed E-state index contributed by atoms with van der Waals surface area (Å²) in [4.78, 5) is 12.1. The van der Waals surface area contributed by atoms with Crippen LogP contribution in [0.1, 0.15) is 31.1 Å². The second-order valence-electron chi connectivity index (χ2n) is 5.22. The molecule has 1 amide bonds. The number of hydrogen-bond acceptors (Lipinski definition) is 4. The molecule has 0 heterocycles. The molecule has 21 heavy (non-hydrogen) atoms. The quantitative estimate of drug-likeness (QED) is 0.730. The molecule has 0 bridgehead atoms. The van der Waals surface area contributed by atoms with Crippen LogP contribution >= 0.6 is 12.4 Å². The highest BCUT2D eigenvalue weighted by atomic mass is 35.5. The van der Waals surface area contributed by atoms with E-state index in [-0.39, 0.29) is 35.3 Å². The second-order valence-corrected chi connectivity index (χ2v) is 7.23. The van der Waals surface area contributed by atoms with Crippen LogP contribution in [0.2, 0.25) is 0 Å². The number of carbonyl (C=O) groups is 1. The fraction of sp³-hybridized carbons (Fsp3) is 0.462. The zero-order valence-electron chi connectivity index (χ0n) is 12.3. The monoisotopic (exact) mass is 335 g/mol. The van der Waals surface area contributed by atoms with Gasteiger partial charge in [0.15, 0.2) is 0 Å². The Morgan fingerprint density at radius 2 is 1.86 bits per heavy atom. The van der Waals surface area contributed by atoms with Crippen molar-refractivity contribution < 1.29 is 13.2 Å². The van der Waals surface area contributed by atoms with E-state index in [0.717, 1.165) is 0 Å². The Morgan fingerprint density at radius 3 is 2.38 bits per heavy atom. The van der Waals surface area contributed by atoms with Crippen LogP contribution in [-0.2, 0) is 10.0 Å². The van der Waals surface area contributed by atoms with E-state index in [1.54, 1.807) is 38.1 Å². The third-order valence-corrected chi connectivity index (χ3v) is 3.81. The lowest BCUT2D eigenvalue weighted by Gasteiger charge is -2.19. The molecule has 0 atom stereocenters. The molecule has 0 aliphatic heterocycles. The van der Waals surface area contributed by atoms with E-state index in [4.69, 9.17) is 5.73 Å². The summed E-state index contributed by atoms with van der Waals surface area (Å²) >= 11 is 0. The molecule has 0 unspecified atom stereocenters. The van der Waals surface area contributed by atoms with Gasteiger partial charge in [0.25, 0.3) is 5.91 Å². The van der Waals surface area contributed by atoms with E-state index in [1.807, 2.05) is 0 Å². The Hall–Kier alpha value is -1.31. The molecule has 8 heteroatoms. The number of nitrogens with one attached hydrogen (secondary N) is 2. The summed E-state index contributed by atoms with van der Waals surface area (Å²) < 4.78 is 25.6. The van der Waals surface area contributed by atoms with Crippen molar-refractivity contribution >= 4 is 34.0 Å². The largest absolute Gasteiger partial charge is 0.350 e. The van der Waals surface area contributed by atoms with Crippen LogP contribution in [0.3, 0.4) is 0 Å². The van der Waals surface area contributed by atoms with E-state index in [0.29, 0.717) is 6.54 Å². The van der Waals surface area contributed by atoms with Crippen molar-refractivity contribution in [3.8, 4) is 0 Å². The number of sulfonamides is 1. The molecule has 1 rings (SSSR count). The highest BCUT2D eigenvalue weighted by Gasteiger charge is 2.17. The van der Waals surface area contributed by atoms with Crippen LogP contribution in [-0.4, -0.2) is 32.2 Å². The Morgan fingerprint density at radius 1 is 1.29 bits per heavy atom. The number of amides is 1. The van der Waals surface area contributed by atoms with E-state index in [1.165, 1.54) is 6.92 Å². The van der Waals surface area contributed by atoms with E-state index in [2.05, 4.69) is 10.0 Å². The normalized spacial score (nSPS) is 11.4. The molecule has 0 radical (unpaired) electrons. The molecule has 0 aliphatic rings. The summed E-state index contributed by atoms with van der Waals surface area (Å²) in [7, 11) is -3.43. The SMILES string of the molecule is CCS(=O)(=O)Nc1ccccc1C(=O)NCC(C)(C)N.Cl. The van der Waals surface area contributed by atoms with Crippen molar-refractivity contribution in [2.75, 3.05) is 17.0 Å². The van der Waals surface area contributed by atoms with Crippen LogP contribution in [0, 0.1) is 0 Å². The van der Waals surface area contributed by atoms with Gasteiger partial charge in [0.05, 0.1) is 17.0 Å². The van der Waals surface area contributed by atoms with Gasteiger partial charge in [0, 0.05) is 12.1 Å². The number of para-hydroxylation sites is 1. The van der Waals surface area contributed by atoms with Gasteiger partial charge < -0.3 is 11.1 Å². The molecule has 1 aromatic rings. The molecule has 4 N–H and O–H groups in total. The average Bonchev–Trinajstić information content (AvgIpc) is 2.35. The van der Waals surface area contributed by atoms with Crippen molar-refractivity contribution in [3.05, 3.63) is 29.8 Å². The minimum absolute atomic E-state index is 0. The lowest BCUT2D eigenvalue weighted by molar-refractivity contribution is 0.0947. The predicted molar refractivity (Wildman–Crippen MR) is 87.4 cm³/mol. The molecule has 6 nitrogen and oxygen atoms in total. The lowest BCUT2D eigenvalue weighted by Crippen LogP contribution is -2.45. The first-order valence-corrected chi connectivity index (χ1v) is 7.96. The minimum Gasteiger partial charge on any atom is -0.350 e. The molecule has 0 saturated carbocycles. The zero-order chi connectivity index (χ0) is 15.4. The number of rotatable bonds is 6. The molecule has 0 fully saturated rings. The maximum atomic E-state index is 12.1. The van der Waals surface area contributed by atoms with Crippen LogP contribution in [0.5, 0.6) is 0 Å². The van der Waals surface area contributed by atoms with Crippen molar-refractivity contribution in [2.24, 2.45) is 5.73 Å². The molecular formula is C13H22ClN3O3S. The van der Waals surface area contributed by atoms with Gasteiger partial charge in [0.2, 0.25) is 10.0 Å². The van der Waals surface area contributed by atoms with Gasteiger partial charge in [-0.05, 0) is 32.9 Å². The molecule has 0 aromatic heterocycles. The van der Waals surface area contributed by atoms with Gasteiger partial charge in [-0.2, -0.15) is 0 Å². The predicted octanol–water partition coefficient (Wildman–Crippen LogP) is 1.34. The number of benzene rings is 1. The summed E-state index contributed by atoms with van der Waals surface area (Å²) in [6.45, 7) is 5.40. The highest BCUT2D eigenvalue weighted by molar-refractivity contribution is 7.92. The van der Waals surface area contributed by atoms with Crippen LogP contribution in [0.15, 0.2) is 24.3 Å². The van der Waals surface area contributed by atoms with Crippen LogP contribution < -0.4 is 15.8 Å². The van der Waals surface area contributed by atoms with Gasteiger partial charge in [-0.3, -0.25) is 9.52 Å².